The van der Waals surface area contributed by atoms with Gasteiger partial charge in [-0.2, -0.15) is 4.98 Å². The molecule has 4 nitrogen and oxygen atoms in total. The second-order valence-electron chi connectivity index (χ2n) is 4.78. The monoisotopic (exact) mass is 267 g/mol. The van der Waals surface area contributed by atoms with E-state index in [1.165, 1.54) is 19.1 Å². The number of nitrogens with two attached hydrogens (primary N) is 1. The van der Waals surface area contributed by atoms with Crippen LogP contribution in [0.2, 0.25) is 0 Å². The van der Waals surface area contributed by atoms with E-state index in [1.54, 1.807) is 0 Å². The fourth-order valence-corrected chi connectivity index (χ4v) is 1.62. The van der Waals surface area contributed by atoms with Crippen LogP contribution < -0.4 is 5.73 Å². The van der Waals surface area contributed by atoms with Crippen LogP contribution in [-0.4, -0.2) is 10.1 Å². The molecule has 0 bridgehead atoms. The van der Waals surface area contributed by atoms with Crippen LogP contribution in [0.5, 0.6) is 0 Å². The lowest BCUT2D eigenvalue weighted by atomic mass is 10.1. The molecule has 0 aliphatic rings. The first-order valence-electron chi connectivity index (χ1n) is 5.96. The minimum absolute atomic E-state index is 0.0950. The van der Waals surface area contributed by atoms with Gasteiger partial charge in [0.1, 0.15) is 17.2 Å². The molecule has 2 aromatic rings. The third-order valence-electron chi connectivity index (χ3n) is 2.96. The molecule has 2 rings (SSSR count). The summed E-state index contributed by atoms with van der Waals surface area (Å²) in [6.45, 7) is 5.33. The third kappa shape index (κ3) is 2.49. The molecule has 0 spiro atoms. The highest BCUT2D eigenvalue weighted by Crippen LogP contribution is 2.28. The van der Waals surface area contributed by atoms with Crippen molar-refractivity contribution in [3.8, 4) is 11.5 Å². The molecule has 1 atom stereocenters. The van der Waals surface area contributed by atoms with Crippen molar-refractivity contribution in [2.75, 3.05) is 0 Å². The van der Waals surface area contributed by atoms with Crippen molar-refractivity contribution in [1.29, 1.82) is 0 Å². The lowest BCUT2D eigenvalue weighted by molar-refractivity contribution is 0.397. The van der Waals surface area contributed by atoms with Crippen molar-refractivity contribution in [2.24, 2.45) is 11.7 Å². The van der Waals surface area contributed by atoms with E-state index in [1.807, 2.05) is 13.8 Å². The Bertz CT molecular complexity index is 596. The van der Waals surface area contributed by atoms with Crippen molar-refractivity contribution >= 4 is 0 Å². The first-order valence-corrected chi connectivity index (χ1v) is 5.96. The van der Waals surface area contributed by atoms with Crippen LogP contribution in [-0.2, 0) is 0 Å². The second kappa shape index (κ2) is 5.05. The van der Waals surface area contributed by atoms with E-state index < -0.39 is 17.7 Å². The Morgan fingerprint density at radius 2 is 1.95 bits per heavy atom. The Hall–Kier alpha value is -1.82. The summed E-state index contributed by atoms with van der Waals surface area (Å²) in [5.74, 6) is -1.29. The quantitative estimate of drug-likeness (QED) is 0.928. The summed E-state index contributed by atoms with van der Waals surface area (Å²) in [5, 5.41) is 3.68. The zero-order chi connectivity index (χ0) is 14.2. The van der Waals surface area contributed by atoms with Gasteiger partial charge in [-0.1, -0.05) is 25.1 Å². The maximum absolute atomic E-state index is 13.9. The van der Waals surface area contributed by atoms with E-state index in [4.69, 9.17) is 10.3 Å². The average Bonchev–Trinajstić information content (AvgIpc) is 2.82. The van der Waals surface area contributed by atoms with Gasteiger partial charge in [-0.3, -0.25) is 0 Å². The average molecular weight is 267 g/mol. The second-order valence-corrected chi connectivity index (χ2v) is 4.78. The summed E-state index contributed by atoms with van der Waals surface area (Å²) in [6.07, 6.45) is 0. The van der Waals surface area contributed by atoms with E-state index in [-0.39, 0.29) is 23.2 Å². The van der Waals surface area contributed by atoms with Crippen molar-refractivity contribution in [3.63, 3.8) is 0 Å². The van der Waals surface area contributed by atoms with Gasteiger partial charge in [-0.05, 0) is 24.5 Å². The molecule has 2 N–H and O–H groups in total. The number of hydrogen-bond donors (Lipinski definition) is 1. The van der Waals surface area contributed by atoms with E-state index >= 15 is 0 Å². The molecule has 0 aliphatic carbocycles. The molecule has 19 heavy (non-hydrogen) atoms. The van der Waals surface area contributed by atoms with Crippen LogP contribution in [0, 0.1) is 24.5 Å². The highest BCUT2D eigenvalue weighted by molar-refractivity contribution is 5.56. The number of aromatic nitrogens is 2. The van der Waals surface area contributed by atoms with Gasteiger partial charge in [0.25, 0.3) is 5.89 Å². The summed E-state index contributed by atoms with van der Waals surface area (Å²) >= 11 is 0. The molecule has 1 heterocycles. The Labute approximate surface area is 109 Å². The normalized spacial score (nSPS) is 13.0. The van der Waals surface area contributed by atoms with Crippen LogP contribution in [0.15, 0.2) is 16.7 Å². The van der Waals surface area contributed by atoms with Crippen molar-refractivity contribution < 1.29 is 13.3 Å². The van der Waals surface area contributed by atoms with Crippen LogP contribution >= 0.6 is 0 Å². The highest BCUT2D eigenvalue weighted by Gasteiger charge is 2.22. The maximum atomic E-state index is 13.9. The van der Waals surface area contributed by atoms with Crippen molar-refractivity contribution in [3.05, 3.63) is 35.2 Å². The minimum Gasteiger partial charge on any atom is -0.334 e. The van der Waals surface area contributed by atoms with Gasteiger partial charge in [0, 0.05) is 0 Å². The molecule has 1 aromatic carbocycles. The maximum Gasteiger partial charge on any atom is 0.263 e. The van der Waals surface area contributed by atoms with Gasteiger partial charge in [-0.25, -0.2) is 8.78 Å². The molecular formula is C13H15F2N3O. The van der Waals surface area contributed by atoms with E-state index in [0.717, 1.165) is 0 Å². The lowest BCUT2D eigenvalue weighted by Crippen LogP contribution is -2.18. The molecule has 0 saturated carbocycles. The van der Waals surface area contributed by atoms with Gasteiger partial charge in [-0.15, -0.1) is 0 Å². The molecular weight excluding hydrogens is 252 g/mol. The predicted molar refractivity (Wildman–Crippen MR) is 66.2 cm³/mol. The lowest BCUT2D eigenvalue weighted by Gasteiger charge is -2.09. The number of hydrogen-bond acceptors (Lipinski definition) is 4. The smallest absolute Gasteiger partial charge is 0.263 e. The number of halogens is 2. The number of nitrogens with zero attached hydrogens (tertiary/aromatic N) is 2. The van der Waals surface area contributed by atoms with Crippen LogP contribution in [0.1, 0.15) is 31.3 Å². The number of rotatable bonds is 3. The van der Waals surface area contributed by atoms with Crippen molar-refractivity contribution in [2.45, 2.75) is 26.8 Å². The number of aryl methyl sites for hydroxylation is 1. The molecule has 0 radical (unpaired) electrons. The van der Waals surface area contributed by atoms with Crippen molar-refractivity contribution in [1.82, 2.24) is 10.1 Å². The highest BCUT2D eigenvalue weighted by atomic mass is 19.1. The van der Waals surface area contributed by atoms with Gasteiger partial charge in [0.05, 0.1) is 6.04 Å². The zero-order valence-corrected chi connectivity index (χ0v) is 10.9. The van der Waals surface area contributed by atoms with Crippen LogP contribution in [0.25, 0.3) is 11.5 Å². The summed E-state index contributed by atoms with van der Waals surface area (Å²) in [6, 6.07) is 2.08. The zero-order valence-electron chi connectivity index (χ0n) is 10.9. The Kier molecular flexibility index (Phi) is 3.61. The first-order chi connectivity index (χ1) is 8.91. The minimum atomic E-state index is -0.739. The molecule has 6 heteroatoms. The molecule has 0 fully saturated rings. The third-order valence-corrected chi connectivity index (χ3v) is 2.96. The summed E-state index contributed by atoms with van der Waals surface area (Å²) in [4.78, 5) is 3.98. The number of benzene rings is 1. The Balaban J connectivity index is 2.47. The van der Waals surface area contributed by atoms with Crippen LogP contribution in [0.3, 0.4) is 0 Å². The van der Waals surface area contributed by atoms with Crippen LogP contribution in [0.4, 0.5) is 8.78 Å². The topological polar surface area (TPSA) is 64.9 Å². The van der Waals surface area contributed by atoms with E-state index in [2.05, 4.69) is 10.1 Å². The fourth-order valence-electron chi connectivity index (χ4n) is 1.62. The molecule has 1 aromatic heterocycles. The fraction of sp³-hybridized carbons (Fsp3) is 0.385. The molecule has 102 valence electrons. The predicted octanol–water partition coefficient (Wildman–Crippen LogP) is 2.98. The van der Waals surface area contributed by atoms with Gasteiger partial charge in [0.2, 0.25) is 0 Å². The SMILES string of the molecule is Cc1ccc(F)c(-c2nc(C(N)C(C)C)no2)c1F. The van der Waals surface area contributed by atoms with E-state index in [9.17, 15) is 8.78 Å². The summed E-state index contributed by atoms with van der Waals surface area (Å²) < 4.78 is 32.5. The van der Waals surface area contributed by atoms with Gasteiger partial charge in [0.15, 0.2) is 5.82 Å². The molecule has 0 saturated heterocycles. The molecule has 0 aliphatic heterocycles. The Morgan fingerprint density at radius 1 is 1.26 bits per heavy atom. The van der Waals surface area contributed by atoms with Gasteiger partial charge < -0.3 is 10.3 Å². The standard InChI is InChI=1S/C13H15F2N3O/c1-6(2)11(16)12-17-13(19-18-12)9-8(14)5-4-7(3)10(9)15/h4-6,11H,16H2,1-3H3. The summed E-state index contributed by atoms with van der Waals surface area (Å²) in [5.41, 5.74) is 5.86. The molecule has 1 unspecified atom stereocenters. The first kappa shape index (κ1) is 13.6. The largest absolute Gasteiger partial charge is 0.334 e. The van der Waals surface area contributed by atoms with Gasteiger partial charge >= 0.3 is 0 Å². The van der Waals surface area contributed by atoms with E-state index in [0.29, 0.717) is 5.56 Å². The summed E-state index contributed by atoms with van der Waals surface area (Å²) in [7, 11) is 0. The molecule has 0 amide bonds. The Morgan fingerprint density at radius 3 is 2.58 bits per heavy atom.